The Labute approximate surface area is 60.0 Å². The van der Waals surface area contributed by atoms with Crippen LogP contribution in [-0.4, -0.2) is 36.5 Å². The second kappa shape index (κ2) is 2.66. The summed E-state index contributed by atoms with van der Waals surface area (Å²) in [5, 5.41) is 0. The molecular formula is C7H12FNO. The molecule has 0 radical (unpaired) electrons. The zero-order valence-corrected chi connectivity index (χ0v) is 6.30. The van der Waals surface area contributed by atoms with Crippen molar-refractivity contribution in [3.05, 3.63) is 0 Å². The van der Waals surface area contributed by atoms with Gasteiger partial charge in [0.1, 0.15) is 12.0 Å². The van der Waals surface area contributed by atoms with Crippen molar-refractivity contribution in [2.75, 3.05) is 13.6 Å². The minimum Gasteiger partial charge on any atom is -0.298 e. The largest absolute Gasteiger partial charge is 0.298 e. The van der Waals surface area contributed by atoms with Crippen molar-refractivity contribution >= 4 is 5.78 Å². The van der Waals surface area contributed by atoms with E-state index in [4.69, 9.17) is 0 Å². The van der Waals surface area contributed by atoms with Gasteiger partial charge in [0.05, 0.1) is 6.04 Å². The topological polar surface area (TPSA) is 20.3 Å². The van der Waals surface area contributed by atoms with Gasteiger partial charge in [-0.1, -0.05) is 0 Å². The number of ketones is 1. The van der Waals surface area contributed by atoms with Crippen LogP contribution in [0.25, 0.3) is 0 Å². The molecule has 1 aliphatic heterocycles. The molecule has 0 spiro atoms. The predicted molar refractivity (Wildman–Crippen MR) is 36.6 cm³/mol. The summed E-state index contributed by atoms with van der Waals surface area (Å²) in [6.45, 7) is 1.92. The molecule has 0 aromatic carbocycles. The van der Waals surface area contributed by atoms with Gasteiger partial charge in [-0.3, -0.25) is 9.69 Å². The molecule has 2 atom stereocenters. The third-order valence-corrected chi connectivity index (χ3v) is 1.97. The van der Waals surface area contributed by atoms with Crippen LogP contribution in [0.5, 0.6) is 0 Å². The second-order valence-electron chi connectivity index (χ2n) is 2.90. The molecule has 1 rings (SSSR count). The molecule has 0 amide bonds. The lowest BCUT2D eigenvalue weighted by Crippen LogP contribution is -2.30. The molecule has 1 fully saturated rings. The molecule has 10 heavy (non-hydrogen) atoms. The van der Waals surface area contributed by atoms with E-state index >= 15 is 0 Å². The van der Waals surface area contributed by atoms with E-state index in [0.717, 1.165) is 0 Å². The molecule has 58 valence electrons. The smallest absolute Gasteiger partial charge is 0.146 e. The van der Waals surface area contributed by atoms with E-state index in [1.165, 1.54) is 6.92 Å². The lowest BCUT2D eigenvalue weighted by Gasteiger charge is -2.14. The summed E-state index contributed by atoms with van der Waals surface area (Å²) in [6.07, 6.45) is -0.426. The quantitative estimate of drug-likeness (QED) is 0.539. The summed E-state index contributed by atoms with van der Waals surface area (Å²) in [5.41, 5.74) is 0. The fourth-order valence-corrected chi connectivity index (χ4v) is 1.41. The predicted octanol–water partition coefficient (Wildman–Crippen LogP) is 0.618. The molecule has 0 aromatic rings. The maximum atomic E-state index is 12.6. The number of halogens is 1. The van der Waals surface area contributed by atoms with E-state index in [1.807, 2.05) is 0 Å². The third-order valence-electron chi connectivity index (χ3n) is 1.97. The van der Waals surface area contributed by atoms with Crippen LogP contribution in [-0.2, 0) is 4.79 Å². The molecule has 0 bridgehead atoms. The first-order valence-corrected chi connectivity index (χ1v) is 3.46. The van der Waals surface area contributed by atoms with Gasteiger partial charge in [-0.05, 0) is 14.0 Å². The summed E-state index contributed by atoms with van der Waals surface area (Å²) in [5.74, 6) is 0.0719. The van der Waals surface area contributed by atoms with E-state index in [0.29, 0.717) is 13.0 Å². The number of carbonyl (C=O) groups is 1. The van der Waals surface area contributed by atoms with Crippen LogP contribution in [0.4, 0.5) is 4.39 Å². The highest BCUT2D eigenvalue weighted by atomic mass is 19.1. The Morgan fingerprint density at radius 2 is 2.30 bits per heavy atom. The first-order chi connectivity index (χ1) is 4.61. The van der Waals surface area contributed by atoms with Crippen LogP contribution in [0.2, 0.25) is 0 Å². The van der Waals surface area contributed by atoms with E-state index in [9.17, 15) is 9.18 Å². The van der Waals surface area contributed by atoms with Crippen molar-refractivity contribution in [3.63, 3.8) is 0 Å². The summed E-state index contributed by atoms with van der Waals surface area (Å²) >= 11 is 0. The Morgan fingerprint density at radius 1 is 1.70 bits per heavy atom. The van der Waals surface area contributed by atoms with Crippen molar-refractivity contribution in [2.24, 2.45) is 0 Å². The second-order valence-corrected chi connectivity index (χ2v) is 2.90. The minimum atomic E-state index is -0.807. The van der Waals surface area contributed by atoms with E-state index in [1.54, 1.807) is 11.9 Å². The van der Waals surface area contributed by atoms with Crippen LogP contribution < -0.4 is 0 Å². The molecule has 1 aliphatic rings. The van der Waals surface area contributed by atoms with Gasteiger partial charge in [0, 0.05) is 13.0 Å². The number of likely N-dealkylation sites (N-methyl/N-ethyl adjacent to an activating group) is 1. The number of alkyl halides is 1. The number of hydrogen-bond donors (Lipinski definition) is 0. The zero-order chi connectivity index (χ0) is 7.72. The SMILES string of the molecule is CC(=O)C1CC(F)CN1C. The van der Waals surface area contributed by atoms with Crippen molar-refractivity contribution < 1.29 is 9.18 Å². The Kier molecular flexibility index (Phi) is 2.04. The van der Waals surface area contributed by atoms with Gasteiger partial charge in [0.15, 0.2) is 0 Å². The molecule has 2 nitrogen and oxygen atoms in total. The average molecular weight is 145 g/mol. The first kappa shape index (κ1) is 7.66. The van der Waals surface area contributed by atoms with Gasteiger partial charge in [-0.25, -0.2) is 4.39 Å². The number of hydrogen-bond acceptors (Lipinski definition) is 2. The van der Waals surface area contributed by atoms with Crippen LogP contribution in [0.3, 0.4) is 0 Å². The number of rotatable bonds is 1. The Morgan fingerprint density at radius 3 is 2.50 bits per heavy atom. The number of Topliss-reactive ketones (excluding diaryl/α,β-unsaturated/α-hetero) is 1. The zero-order valence-electron chi connectivity index (χ0n) is 6.30. The Bertz CT molecular complexity index is 149. The van der Waals surface area contributed by atoms with E-state index < -0.39 is 6.17 Å². The molecule has 0 aromatic heterocycles. The lowest BCUT2D eigenvalue weighted by atomic mass is 10.1. The molecule has 0 saturated carbocycles. The fourth-order valence-electron chi connectivity index (χ4n) is 1.41. The van der Waals surface area contributed by atoms with Gasteiger partial charge in [0.25, 0.3) is 0 Å². The van der Waals surface area contributed by atoms with Crippen LogP contribution >= 0.6 is 0 Å². The highest BCUT2D eigenvalue weighted by Gasteiger charge is 2.31. The van der Waals surface area contributed by atoms with Crippen molar-refractivity contribution in [3.8, 4) is 0 Å². The number of carbonyl (C=O) groups excluding carboxylic acids is 1. The number of nitrogens with zero attached hydrogens (tertiary/aromatic N) is 1. The Hall–Kier alpha value is -0.440. The van der Waals surface area contributed by atoms with Crippen LogP contribution in [0.1, 0.15) is 13.3 Å². The highest BCUT2D eigenvalue weighted by Crippen LogP contribution is 2.18. The Balaban J connectivity index is 2.54. The van der Waals surface area contributed by atoms with E-state index in [2.05, 4.69) is 0 Å². The minimum absolute atomic E-state index is 0.0719. The maximum Gasteiger partial charge on any atom is 0.146 e. The molecule has 1 heterocycles. The third kappa shape index (κ3) is 1.34. The molecule has 0 aliphatic carbocycles. The van der Waals surface area contributed by atoms with Gasteiger partial charge >= 0.3 is 0 Å². The average Bonchev–Trinajstić information content (AvgIpc) is 2.10. The summed E-state index contributed by atoms with van der Waals surface area (Å²) in [4.78, 5) is 12.6. The standard InChI is InChI=1S/C7H12FNO/c1-5(10)7-3-6(8)4-9(7)2/h6-7H,3-4H2,1-2H3. The summed E-state index contributed by atoms with van der Waals surface area (Å²) in [7, 11) is 1.78. The van der Waals surface area contributed by atoms with Crippen molar-refractivity contribution in [1.29, 1.82) is 0 Å². The molecule has 2 unspecified atom stereocenters. The summed E-state index contributed by atoms with van der Waals surface area (Å²) < 4.78 is 12.6. The van der Waals surface area contributed by atoms with Gasteiger partial charge in [-0.15, -0.1) is 0 Å². The summed E-state index contributed by atoms with van der Waals surface area (Å²) in [6, 6.07) is -0.171. The van der Waals surface area contributed by atoms with Crippen LogP contribution in [0.15, 0.2) is 0 Å². The maximum absolute atomic E-state index is 12.6. The first-order valence-electron chi connectivity index (χ1n) is 3.46. The van der Waals surface area contributed by atoms with Crippen LogP contribution in [0, 0.1) is 0 Å². The highest BCUT2D eigenvalue weighted by molar-refractivity contribution is 5.81. The van der Waals surface area contributed by atoms with Gasteiger partial charge in [0.2, 0.25) is 0 Å². The monoisotopic (exact) mass is 145 g/mol. The van der Waals surface area contributed by atoms with Gasteiger partial charge in [-0.2, -0.15) is 0 Å². The van der Waals surface area contributed by atoms with Gasteiger partial charge < -0.3 is 0 Å². The fraction of sp³-hybridized carbons (Fsp3) is 0.857. The molecular weight excluding hydrogens is 133 g/mol. The molecule has 3 heteroatoms. The normalized spacial score (nSPS) is 34.7. The number of likely N-dealkylation sites (tertiary alicyclic amines) is 1. The molecule has 0 N–H and O–H groups in total. The lowest BCUT2D eigenvalue weighted by molar-refractivity contribution is -0.120. The molecule has 1 saturated heterocycles. The van der Waals surface area contributed by atoms with Crippen molar-refractivity contribution in [1.82, 2.24) is 4.90 Å². The van der Waals surface area contributed by atoms with Crippen molar-refractivity contribution in [2.45, 2.75) is 25.6 Å². The van der Waals surface area contributed by atoms with E-state index in [-0.39, 0.29) is 11.8 Å².